The van der Waals surface area contributed by atoms with Crippen molar-refractivity contribution in [2.75, 3.05) is 26.2 Å². The van der Waals surface area contributed by atoms with Gasteiger partial charge in [0.2, 0.25) is 11.8 Å². The zero-order valence-corrected chi connectivity index (χ0v) is 18.1. The van der Waals surface area contributed by atoms with Gasteiger partial charge in [0.1, 0.15) is 0 Å². The Hall–Kier alpha value is -3.00. The Labute approximate surface area is 181 Å². The lowest BCUT2D eigenvalue weighted by molar-refractivity contribution is 0.0688. The number of likely N-dealkylation sites (tertiary alicyclic amines) is 2. The number of amides is 1. The highest BCUT2D eigenvalue weighted by molar-refractivity contribution is 5.94. The maximum absolute atomic E-state index is 13.2. The summed E-state index contributed by atoms with van der Waals surface area (Å²) in [6.07, 6.45) is 5.43. The predicted molar refractivity (Wildman–Crippen MR) is 114 cm³/mol. The first-order valence-electron chi connectivity index (χ1n) is 10.9. The highest BCUT2D eigenvalue weighted by Gasteiger charge is 2.52. The second kappa shape index (κ2) is 7.92. The van der Waals surface area contributed by atoms with Crippen LogP contribution in [0.25, 0.3) is 0 Å². The van der Waals surface area contributed by atoms with Crippen molar-refractivity contribution in [3.8, 4) is 0 Å². The van der Waals surface area contributed by atoms with Gasteiger partial charge in [-0.25, -0.2) is 0 Å². The molecule has 0 saturated carbocycles. The van der Waals surface area contributed by atoms with Crippen molar-refractivity contribution >= 4 is 5.91 Å². The van der Waals surface area contributed by atoms with Crippen molar-refractivity contribution in [3.05, 3.63) is 65.6 Å². The molecule has 1 unspecified atom stereocenters. The van der Waals surface area contributed by atoms with E-state index in [4.69, 9.17) is 4.42 Å². The molecule has 2 aliphatic rings. The molecule has 2 fully saturated rings. The standard InChI is InChI=1S/C23H28N6O2/c1-17-25-26-21(31-17)20-15-29(22(30)19-12-24-27(2)14-19)16-23(20)8-10-28(11-9-23)13-18-6-4-3-5-7-18/h3-7,12,14,20H,8-11,13,15-16H2,1-2H3. The van der Waals surface area contributed by atoms with E-state index in [9.17, 15) is 4.79 Å². The minimum absolute atomic E-state index is 0.0259. The summed E-state index contributed by atoms with van der Waals surface area (Å²) in [5.74, 6) is 1.32. The van der Waals surface area contributed by atoms with Gasteiger partial charge in [0.25, 0.3) is 5.91 Å². The lowest BCUT2D eigenvalue weighted by atomic mass is 9.70. The largest absolute Gasteiger partial charge is 0.425 e. The molecule has 0 radical (unpaired) electrons. The molecule has 5 rings (SSSR count). The van der Waals surface area contributed by atoms with Crippen LogP contribution in [0, 0.1) is 12.3 Å². The molecule has 8 heteroatoms. The number of carbonyl (C=O) groups excluding carboxylic acids is 1. The molecule has 2 aromatic heterocycles. The van der Waals surface area contributed by atoms with E-state index in [2.05, 4.69) is 50.5 Å². The number of nitrogens with zero attached hydrogens (tertiary/aromatic N) is 6. The fraction of sp³-hybridized carbons (Fsp3) is 0.478. The number of hydrogen-bond acceptors (Lipinski definition) is 6. The van der Waals surface area contributed by atoms with Gasteiger partial charge in [-0.1, -0.05) is 30.3 Å². The van der Waals surface area contributed by atoms with Crippen LogP contribution in [-0.4, -0.2) is 61.9 Å². The van der Waals surface area contributed by atoms with Gasteiger partial charge in [0.15, 0.2) is 0 Å². The van der Waals surface area contributed by atoms with Gasteiger partial charge < -0.3 is 9.32 Å². The Kier molecular flexibility index (Phi) is 5.09. The first-order chi connectivity index (χ1) is 15.0. The summed E-state index contributed by atoms with van der Waals surface area (Å²) >= 11 is 0. The third-order valence-electron chi connectivity index (χ3n) is 6.83. The molecule has 0 N–H and O–H groups in total. The van der Waals surface area contributed by atoms with Crippen LogP contribution < -0.4 is 0 Å². The van der Waals surface area contributed by atoms with Crippen molar-refractivity contribution in [3.63, 3.8) is 0 Å². The third kappa shape index (κ3) is 3.87. The average Bonchev–Trinajstić information content (AvgIpc) is 3.49. The van der Waals surface area contributed by atoms with E-state index in [0.717, 1.165) is 32.5 Å². The second-order valence-corrected chi connectivity index (χ2v) is 8.92. The van der Waals surface area contributed by atoms with E-state index in [-0.39, 0.29) is 17.2 Å². The molecule has 162 valence electrons. The van der Waals surface area contributed by atoms with Crippen LogP contribution in [0.5, 0.6) is 0 Å². The van der Waals surface area contributed by atoms with Gasteiger partial charge in [-0.05, 0) is 31.5 Å². The van der Waals surface area contributed by atoms with Crippen LogP contribution in [-0.2, 0) is 13.6 Å². The van der Waals surface area contributed by atoms with Gasteiger partial charge in [-0.3, -0.25) is 14.4 Å². The number of aromatic nitrogens is 4. The molecule has 31 heavy (non-hydrogen) atoms. The van der Waals surface area contributed by atoms with Gasteiger partial charge in [0.05, 0.1) is 17.7 Å². The number of benzene rings is 1. The Bertz CT molecular complexity index is 1050. The first-order valence-corrected chi connectivity index (χ1v) is 10.9. The minimum atomic E-state index is -0.0377. The summed E-state index contributed by atoms with van der Waals surface area (Å²) in [6.45, 7) is 6.08. The van der Waals surface area contributed by atoms with Gasteiger partial charge in [0, 0.05) is 45.2 Å². The zero-order valence-electron chi connectivity index (χ0n) is 18.1. The normalized spacial score (nSPS) is 21.1. The van der Waals surface area contributed by atoms with Crippen LogP contribution in [0.3, 0.4) is 0 Å². The predicted octanol–water partition coefficient (Wildman–Crippen LogP) is 2.63. The highest BCUT2D eigenvalue weighted by atomic mass is 16.4. The van der Waals surface area contributed by atoms with E-state index in [0.29, 0.717) is 30.4 Å². The maximum atomic E-state index is 13.2. The van der Waals surface area contributed by atoms with Crippen LogP contribution >= 0.6 is 0 Å². The molecule has 1 aromatic carbocycles. The second-order valence-electron chi connectivity index (χ2n) is 8.92. The van der Waals surface area contributed by atoms with E-state index in [1.165, 1.54) is 5.56 Å². The summed E-state index contributed by atoms with van der Waals surface area (Å²) in [5.41, 5.74) is 1.92. The third-order valence-corrected chi connectivity index (χ3v) is 6.83. The fourth-order valence-electron chi connectivity index (χ4n) is 5.14. The Morgan fingerprint density at radius 1 is 1.19 bits per heavy atom. The number of aryl methyl sites for hydroxylation is 2. The minimum Gasteiger partial charge on any atom is -0.425 e. The van der Waals surface area contributed by atoms with Crippen molar-refractivity contribution in [1.29, 1.82) is 0 Å². The topological polar surface area (TPSA) is 80.3 Å². The zero-order chi connectivity index (χ0) is 21.4. The Balaban J connectivity index is 1.35. The number of carbonyl (C=O) groups is 1. The van der Waals surface area contributed by atoms with Crippen LogP contribution in [0.15, 0.2) is 47.1 Å². The molecule has 2 saturated heterocycles. The lowest BCUT2D eigenvalue weighted by Gasteiger charge is -2.41. The van der Waals surface area contributed by atoms with E-state index < -0.39 is 0 Å². The van der Waals surface area contributed by atoms with Crippen molar-refractivity contribution in [2.24, 2.45) is 12.5 Å². The number of rotatable bonds is 4. The Morgan fingerprint density at radius 3 is 2.61 bits per heavy atom. The van der Waals surface area contributed by atoms with Crippen LogP contribution in [0.4, 0.5) is 0 Å². The van der Waals surface area contributed by atoms with Gasteiger partial charge >= 0.3 is 0 Å². The molecule has 8 nitrogen and oxygen atoms in total. The summed E-state index contributed by atoms with van der Waals surface area (Å²) < 4.78 is 7.53. The number of piperidine rings is 1. The highest BCUT2D eigenvalue weighted by Crippen LogP contribution is 2.49. The lowest BCUT2D eigenvalue weighted by Crippen LogP contribution is -2.43. The van der Waals surface area contributed by atoms with E-state index >= 15 is 0 Å². The molecule has 0 bridgehead atoms. The molecule has 4 heterocycles. The van der Waals surface area contributed by atoms with Crippen LogP contribution in [0.1, 0.15) is 46.5 Å². The molecule has 2 aliphatic heterocycles. The van der Waals surface area contributed by atoms with E-state index in [1.54, 1.807) is 17.1 Å². The molecular weight excluding hydrogens is 392 g/mol. The molecule has 1 atom stereocenters. The van der Waals surface area contributed by atoms with Gasteiger partial charge in [-0.2, -0.15) is 5.10 Å². The van der Waals surface area contributed by atoms with Crippen LogP contribution in [0.2, 0.25) is 0 Å². The SMILES string of the molecule is Cc1nnc(C2CN(C(=O)c3cnn(C)c3)CC23CCN(Cc2ccccc2)CC3)o1. The smallest absolute Gasteiger partial charge is 0.257 e. The molecular formula is C23H28N6O2. The first kappa shape index (κ1) is 19.9. The fourth-order valence-corrected chi connectivity index (χ4v) is 5.14. The number of hydrogen-bond donors (Lipinski definition) is 0. The maximum Gasteiger partial charge on any atom is 0.257 e. The molecule has 1 spiro atoms. The van der Waals surface area contributed by atoms with E-state index in [1.807, 2.05) is 18.9 Å². The quantitative estimate of drug-likeness (QED) is 0.646. The van der Waals surface area contributed by atoms with Crippen molar-refractivity contribution in [1.82, 2.24) is 29.8 Å². The average molecular weight is 421 g/mol. The van der Waals surface area contributed by atoms with Crippen molar-refractivity contribution in [2.45, 2.75) is 32.2 Å². The molecule has 3 aromatic rings. The summed E-state index contributed by atoms with van der Waals surface area (Å²) in [7, 11) is 1.83. The van der Waals surface area contributed by atoms with Gasteiger partial charge in [-0.15, -0.1) is 10.2 Å². The summed E-state index contributed by atoms with van der Waals surface area (Å²) in [6, 6.07) is 10.6. The monoisotopic (exact) mass is 420 g/mol. The van der Waals surface area contributed by atoms with Crippen molar-refractivity contribution < 1.29 is 9.21 Å². The molecule has 1 amide bonds. The summed E-state index contributed by atoms with van der Waals surface area (Å²) in [4.78, 5) is 17.6. The Morgan fingerprint density at radius 2 is 1.97 bits per heavy atom. The summed E-state index contributed by atoms with van der Waals surface area (Å²) in [5, 5.41) is 12.6. The molecule has 0 aliphatic carbocycles.